The van der Waals surface area contributed by atoms with E-state index in [1.165, 1.54) is 7.11 Å². The largest absolute Gasteiger partial charge is 0.490 e. The molecule has 2 atom stereocenters. The Morgan fingerprint density at radius 3 is 2.67 bits per heavy atom. The van der Waals surface area contributed by atoms with Gasteiger partial charge in [-0.15, -0.1) is 0 Å². The summed E-state index contributed by atoms with van der Waals surface area (Å²) in [4.78, 5) is 36.6. The van der Waals surface area contributed by atoms with Gasteiger partial charge in [0.15, 0.2) is 17.7 Å². The molecule has 0 aliphatic carbocycles. The van der Waals surface area contributed by atoms with E-state index in [1.54, 1.807) is 49.0 Å². The van der Waals surface area contributed by atoms with Gasteiger partial charge in [0.1, 0.15) is 13.2 Å². The molecule has 4 rings (SSSR count). The lowest BCUT2D eigenvalue weighted by atomic mass is 9.95. The number of methoxy groups -OCH3 is 1. The van der Waals surface area contributed by atoms with E-state index in [2.05, 4.69) is 21.2 Å². The van der Waals surface area contributed by atoms with Crippen molar-refractivity contribution in [3.05, 3.63) is 71.1 Å². The Kier molecular flexibility index (Phi) is 10.2. The maximum absolute atomic E-state index is 12.4. The van der Waals surface area contributed by atoms with Crippen LogP contribution in [0.15, 0.2) is 65.0 Å². The van der Waals surface area contributed by atoms with Crippen LogP contribution in [0, 0.1) is 0 Å². The fourth-order valence-electron chi connectivity index (χ4n) is 4.67. The molecule has 1 aromatic heterocycles. The number of allylic oxidation sites excluding steroid dienone is 1. The lowest BCUT2D eigenvalue weighted by Crippen LogP contribution is -2.45. The molecule has 0 bridgehead atoms. The number of rotatable bonds is 13. The molecule has 3 aromatic rings. The van der Waals surface area contributed by atoms with Crippen LogP contribution < -0.4 is 25.5 Å². The fraction of sp³-hybridized carbons (Fsp3) is 0.333. The summed E-state index contributed by atoms with van der Waals surface area (Å²) < 4.78 is 23.3. The monoisotopic (exact) mass is 593 g/mol. The number of fused-ring (bicyclic) bond motifs is 1. The number of aliphatic hydroxyl groups excluding tert-OH is 1. The van der Waals surface area contributed by atoms with Crippen molar-refractivity contribution in [1.29, 1.82) is 0 Å². The van der Waals surface area contributed by atoms with Crippen LogP contribution in [-0.4, -0.2) is 67.0 Å². The number of hydrazone groups is 1. The summed E-state index contributed by atoms with van der Waals surface area (Å²) in [6.45, 7) is 5.71. The zero-order valence-corrected chi connectivity index (χ0v) is 24.4. The molecule has 0 radical (unpaired) electrons. The summed E-state index contributed by atoms with van der Waals surface area (Å²) in [6, 6.07) is 11.3. The molecule has 0 saturated heterocycles. The number of ether oxygens (including phenoxy) is 4. The predicted octanol–water partition coefficient (Wildman–Crippen LogP) is 2.72. The Balaban J connectivity index is 1.44. The summed E-state index contributed by atoms with van der Waals surface area (Å²) in [7, 11) is 1.27. The lowest BCUT2D eigenvalue weighted by Gasteiger charge is -2.28. The van der Waals surface area contributed by atoms with Crippen LogP contribution in [0.3, 0.4) is 0 Å². The van der Waals surface area contributed by atoms with Crippen LogP contribution >= 0.6 is 0 Å². The summed E-state index contributed by atoms with van der Waals surface area (Å²) >= 11 is 0. The van der Waals surface area contributed by atoms with Gasteiger partial charge in [0, 0.05) is 28.4 Å². The minimum absolute atomic E-state index is 0.0664. The molecule has 43 heavy (non-hydrogen) atoms. The molecule has 13 nitrogen and oxygen atoms in total. The number of aromatic nitrogens is 1. The van der Waals surface area contributed by atoms with Crippen LogP contribution in [0.4, 0.5) is 4.79 Å². The molecule has 0 spiro atoms. The lowest BCUT2D eigenvalue weighted by molar-refractivity contribution is -0.143. The second-order valence-corrected chi connectivity index (χ2v) is 9.45. The van der Waals surface area contributed by atoms with Crippen LogP contribution in [0.5, 0.6) is 11.5 Å². The second-order valence-electron chi connectivity index (χ2n) is 9.45. The van der Waals surface area contributed by atoms with Gasteiger partial charge in [0.2, 0.25) is 0 Å². The normalized spacial score (nSPS) is 15.6. The Bertz CT molecular complexity index is 1550. The van der Waals surface area contributed by atoms with Gasteiger partial charge < -0.3 is 39.3 Å². The number of urea groups is 1. The van der Waals surface area contributed by atoms with Crippen molar-refractivity contribution >= 4 is 35.1 Å². The van der Waals surface area contributed by atoms with Gasteiger partial charge in [-0.05, 0) is 44.5 Å². The smallest absolute Gasteiger partial charge is 0.337 e. The van der Waals surface area contributed by atoms with Crippen molar-refractivity contribution in [2.24, 2.45) is 5.10 Å². The quantitative estimate of drug-likeness (QED) is 0.101. The molecular formula is C30H35N5O8. The van der Waals surface area contributed by atoms with E-state index in [9.17, 15) is 19.5 Å². The van der Waals surface area contributed by atoms with E-state index in [4.69, 9.17) is 18.9 Å². The summed E-state index contributed by atoms with van der Waals surface area (Å²) in [6.07, 6.45) is 2.17. The third-order valence-electron chi connectivity index (χ3n) is 6.52. The van der Waals surface area contributed by atoms with E-state index in [0.29, 0.717) is 36.0 Å². The molecule has 2 amide bonds. The first-order valence-corrected chi connectivity index (χ1v) is 13.7. The molecule has 0 fully saturated rings. The van der Waals surface area contributed by atoms with E-state index >= 15 is 0 Å². The van der Waals surface area contributed by atoms with Gasteiger partial charge in [-0.1, -0.05) is 24.3 Å². The van der Waals surface area contributed by atoms with Gasteiger partial charge in [-0.2, -0.15) is 5.10 Å². The second kappa shape index (κ2) is 14.2. The Labute approximate surface area is 248 Å². The van der Waals surface area contributed by atoms with E-state index < -0.39 is 24.3 Å². The van der Waals surface area contributed by atoms with Crippen LogP contribution in [-0.2, 0) is 25.6 Å². The van der Waals surface area contributed by atoms with Gasteiger partial charge in [0.05, 0.1) is 38.2 Å². The Hall–Kier alpha value is -5.04. The average molecular weight is 594 g/mol. The number of benzene rings is 2. The van der Waals surface area contributed by atoms with Crippen molar-refractivity contribution in [2.75, 3.05) is 26.9 Å². The number of para-hydroxylation sites is 1. The van der Waals surface area contributed by atoms with Gasteiger partial charge in [-0.25, -0.2) is 9.59 Å². The predicted molar refractivity (Wildman–Crippen MR) is 158 cm³/mol. The van der Waals surface area contributed by atoms with Crippen molar-refractivity contribution in [3.8, 4) is 11.5 Å². The van der Waals surface area contributed by atoms with Gasteiger partial charge in [-0.3, -0.25) is 10.2 Å². The highest BCUT2D eigenvalue weighted by Crippen LogP contribution is 2.35. The fourth-order valence-corrected chi connectivity index (χ4v) is 4.67. The Morgan fingerprint density at radius 2 is 1.93 bits per heavy atom. The van der Waals surface area contributed by atoms with E-state index in [1.807, 2.05) is 31.2 Å². The van der Waals surface area contributed by atoms with Gasteiger partial charge in [0.25, 0.3) is 0 Å². The topological polar surface area (TPSA) is 162 Å². The van der Waals surface area contributed by atoms with E-state index in [-0.39, 0.29) is 24.7 Å². The van der Waals surface area contributed by atoms with Crippen molar-refractivity contribution in [3.63, 3.8) is 0 Å². The van der Waals surface area contributed by atoms with Crippen molar-refractivity contribution < 1.29 is 38.4 Å². The third-order valence-corrected chi connectivity index (χ3v) is 6.52. The standard InChI is InChI=1S/C30H35N5O8/c1-5-41-24-13-19(28-27(29(38)40-4)18(3)32-30(39)33-28)11-12-23(24)43-17-25(36)34-31-14-20-15-35(16-26(37)42-6-2)22-10-8-7-9-21(20)22/h7-15,25,28,34,36H,5-6,16-17H2,1-4H3,(H2,32,33,39)/b31-14+/t25-,28-/m1/s1. The summed E-state index contributed by atoms with van der Waals surface area (Å²) in [5.74, 6) is -0.211. The molecule has 2 aromatic carbocycles. The molecule has 1 aliphatic rings. The first-order chi connectivity index (χ1) is 20.7. The van der Waals surface area contributed by atoms with E-state index in [0.717, 1.165) is 16.5 Å². The summed E-state index contributed by atoms with van der Waals surface area (Å²) in [5, 5.41) is 20.8. The molecule has 13 heteroatoms. The molecule has 1 aliphatic heterocycles. The van der Waals surface area contributed by atoms with Gasteiger partial charge >= 0.3 is 18.0 Å². The molecule has 0 unspecified atom stereocenters. The maximum atomic E-state index is 12.4. The number of hydrogen-bond acceptors (Lipinski definition) is 10. The molecule has 4 N–H and O–H groups in total. The highest BCUT2D eigenvalue weighted by molar-refractivity contribution is 5.99. The van der Waals surface area contributed by atoms with Crippen LogP contribution in [0.2, 0.25) is 0 Å². The number of hydrogen-bond donors (Lipinski definition) is 4. The first-order valence-electron chi connectivity index (χ1n) is 13.7. The Morgan fingerprint density at radius 1 is 1.14 bits per heavy atom. The summed E-state index contributed by atoms with van der Waals surface area (Å²) in [5.41, 5.74) is 5.46. The first kappa shape index (κ1) is 30.9. The minimum atomic E-state index is -1.17. The molecular weight excluding hydrogens is 558 g/mol. The minimum Gasteiger partial charge on any atom is -0.490 e. The SMILES string of the molecule is CCOC(=O)Cn1cc(/C=N/N[C@H](O)COc2ccc([C@H]3NC(=O)NC(C)=C3C(=O)OC)cc2OCC)c2ccccc21. The number of aliphatic hydroxyl groups is 1. The van der Waals surface area contributed by atoms with Crippen molar-refractivity contribution in [2.45, 2.75) is 39.6 Å². The number of carbonyl (C=O) groups excluding carboxylic acids is 3. The number of esters is 2. The molecule has 228 valence electrons. The van der Waals surface area contributed by atoms with Crippen molar-refractivity contribution in [1.82, 2.24) is 20.6 Å². The van der Waals surface area contributed by atoms with Crippen LogP contribution in [0.25, 0.3) is 10.9 Å². The number of amides is 2. The zero-order chi connectivity index (χ0) is 30.9. The maximum Gasteiger partial charge on any atom is 0.337 e. The molecule has 0 saturated carbocycles. The van der Waals surface area contributed by atoms with Crippen LogP contribution in [0.1, 0.15) is 37.9 Å². The highest BCUT2D eigenvalue weighted by Gasteiger charge is 2.32. The number of nitrogens with zero attached hydrogens (tertiary/aromatic N) is 2. The third kappa shape index (κ3) is 7.43. The zero-order valence-electron chi connectivity index (χ0n) is 24.4. The molecule has 2 heterocycles. The highest BCUT2D eigenvalue weighted by atomic mass is 16.5. The average Bonchev–Trinajstić information content (AvgIpc) is 3.32. The number of carbonyl (C=O) groups is 3. The number of nitrogens with one attached hydrogen (secondary N) is 3.